The number of likely N-dealkylation sites (tertiary alicyclic amines) is 1. The molecule has 1 fully saturated rings. The number of nitrogens with one attached hydrogen (secondary N) is 1. The van der Waals surface area contributed by atoms with Crippen LogP contribution in [0.5, 0.6) is 0 Å². The molecule has 4 heteroatoms. The Hall–Kier alpha value is -2.62. The largest absolute Gasteiger partial charge is 0.339 e. The molecule has 142 valence electrons. The summed E-state index contributed by atoms with van der Waals surface area (Å²) in [7, 11) is 0. The molecule has 0 aliphatic carbocycles. The van der Waals surface area contributed by atoms with E-state index in [0.29, 0.717) is 11.1 Å². The third-order valence-electron chi connectivity index (χ3n) is 5.02. The van der Waals surface area contributed by atoms with Crippen molar-refractivity contribution < 1.29 is 9.59 Å². The van der Waals surface area contributed by atoms with E-state index >= 15 is 0 Å². The number of carbonyl (C=O) groups excluding carboxylic acids is 2. The molecular weight excluding hydrogens is 336 g/mol. The van der Waals surface area contributed by atoms with E-state index in [1.54, 1.807) is 24.3 Å². The standard InChI is InChI=1S/C23H28N2O2/c1-23(2,3)19-9-5-6-10-20(19)24-21(26)17-11-13-18(14-12-17)22(27)25-15-7-4-8-16-25/h5-6,9-14H,4,7-8,15-16H2,1-3H3,(H,24,26). The fraction of sp³-hybridized carbons (Fsp3) is 0.391. The maximum absolute atomic E-state index is 12.7. The molecule has 0 aromatic heterocycles. The molecule has 0 spiro atoms. The molecule has 2 amide bonds. The minimum atomic E-state index is -0.163. The Morgan fingerprint density at radius 2 is 1.44 bits per heavy atom. The van der Waals surface area contributed by atoms with Gasteiger partial charge in [-0.15, -0.1) is 0 Å². The summed E-state index contributed by atoms with van der Waals surface area (Å²) in [5.74, 6) is -0.108. The average molecular weight is 364 g/mol. The SMILES string of the molecule is CC(C)(C)c1ccccc1NC(=O)c1ccc(C(=O)N2CCCCC2)cc1. The second-order valence-electron chi connectivity index (χ2n) is 8.18. The number of hydrogen-bond donors (Lipinski definition) is 1. The van der Waals surface area contributed by atoms with Gasteiger partial charge in [0.2, 0.25) is 0 Å². The van der Waals surface area contributed by atoms with Gasteiger partial charge in [0.1, 0.15) is 0 Å². The Labute approximate surface area is 161 Å². The van der Waals surface area contributed by atoms with E-state index in [0.717, 1.165) is 37.2 Å². The van der Waals surface area contributed by atoms with Gasteiger partial charge in [-0.1, -0.05) is 39.0 Å². The maximum Gasteiger partial charge on any atom is 0.255 e. The minimum Gasteiger partial charge on any atom is -0.339 e. The van der Waals surface area contributed by atoms with Gasteiger partial charge in [0.25, 0.3) is 11.8 Å². The summed E-state index contributed by atoms with van der Waals surface area (Å²) in [6.07, 6.45) is 3.33. The third kappa shape index (κ3) is 4.57. The van der Waals surface area contributed by atoms with Crippen molar-refractivity contribution in [1.82, 2.24) is 4.90 Å². The zero-order valence-electron chi connectivity index (χ0n) is 16.4. The molecule has 1 N–H and O–H groups in total. The van der Waals surface area contributed by atoms with Crippen molar-refractivity contribution in [1.29, 1.82) is 0 Å². The minimum absolute atomic E-state index is 0.0553. The van der Waals surface area contributed by atoms with E-state index in [1.165, 1.54) is 6.42 Å². The lowest BCUT2D eigenvalue weighted by Crippen LogP contribution is -2.35. The summed E-state index contributed by atoms with van der Waals surface area (Å²) in [6, 6.07) is 14.8. The fourth-order valence-electron chi connectivity index (χ4n) is 3.48. The van der Waals surface area contributed by atoms with E-state index < -0.39 is 0 Å². The topological polar surface area (TPSA) is 49.4 Å². The van der Waals surface area contributed by atoms with Crippen LogP contribution in [0.2, 0.25) is 0 Å². The second kappa shape index (κ2) is 7.95. The number of hydrogen-bond acceptors (Lipinski definition) is 2. The van der Waals surface area contributed by atoms with Crippen LogP contribution in [0.4, 0.5) is 5.69 Å². The van der Waals surface area contributed by atoms with Crippen molar-refractivity contribution in [2.24, 2.45) is 0 Å². The molecule has 0 saturated carbocycles. The molecule has 0 unspecified atom stereocenters. The number of anilines is 1. The molecule has 0 bridgehead atoms. The predicted molar refractivity (Wildman–Crippen MR) is 109 cm³/mol. The molecule has 0 radical (unpaired) electrons. The molecule has 0 atom stereocenters. The van der Waals surface area contributed by atoms with Crippen molar-refractivity contribution in [2.45, 2.75) is 45.4 Å². The first-order valence-corrected chi connectivity index (χ1v) is 9.66. The van der Waals surface area contributed by atoms with Crippen LogP contribution in [0.3, 0.4) is 0 Å². The van der Waals surface area contributed by atoms with E-state index in [-0.39, 0.29) is 17.2 Å². The van der Waals surface area contributed by atoms with Gasteiger partial charge >= 0.3 is 0 Å². The van der Waals surface area contributed by atoms with Gasteiger partial charge in [-0.05, 0) is 60.6 Å². The first-order chi connectivity index (χ1) is 12.9. The Balaban J connectivity index is 1.72. The molecule has 2 aromatic carbocycles. The van der Waals surface area contributed by atoms with Crippen LogP contribution in [0.25, 0.3) is 0 Å². The Bertz CT molecular complexity index is 813. The molecule has 1 heterocycles. The predicted octanol–water partition coefficient (Wildman–Crippen LogP) is 4.86. The van der Waals surface area contributed by atoms with Crippen LogP contribution in [-0.4, -0.2) is 29.8 Å². The lowest BCUT2D eigenvalue weighted by Gasteiger charge is -2.26. The highest BCUT2D eigenvalue weighted by Crippen LogP contribution is 2.29. The van der Waals surface area contributed by atoms with E-state index in [4.69, 9.17) is 0 Å². The van der Waals surface area contributed by atoms with Crippen molar-refractivity contribution in [3.05, 3.63) is 65.2 Å². The van der Waals surface area contributed by atoms with Gasteiger partial charge < -0.3 is 10.2 Å². The first kappa shape index (κ1) is 19.2. The zero-order chi connectivity index (χ0) is 19.4. The van der Waals surface area contributed by atoms with Gasteiger partial charge in [0.15, 0.2) is 0 Å². The maximum atomic E-state index is 12.7. The first-order valence-electron chi connectivity index (χ1n) is 9.66. The van der Waals surface area contributed by atoms with Gasteiger partial charge in [-0.3, -0.25) is 9.59 Å². The number of amides is 2. The van der Waals surface area contributed by atoms with E-state index in [1.807, 2.05) is 29.2 Å². The quantitative estimate of drug-likeness (QED) is 0.845. The average Bonchev–Trinajstić information content (AvgIpc) is 2.68. The number of carbonyl (C=O) groups is 2. The molecule has 1 saturated heterocycles. The summed E-state index contributed by atoms with van der Waals surface area (Å²) in [5.41, 5.74) is 3.05. The summed E-state index contributed by atoms with van der Waals surface area (Å²) >= 11 is 0. The normalized spacial score (nSPS) is 14.7. The van der Waals surface area contributed by atoms with Gasteiger partial charge in [0.05, 0.1) is 0 Å². The number of nitrogens with zero attached hydrogens (tertiary/aromatic N) is 1. The molecule has 2 aromatic rings. The zero-order valence-corrected chi connectivity index (χ0v) is 16.4. The molecule has 1 aliphatic rings. The monoisotopic (exact) mass is 364 g/mol. The van der Waals surface area contributed by atoms with Gasteiger partial charge in [-0.25, -0.2) is 0 Å². The summed E-state index contributed by atoms with van der Waals surface area (Å²) in [6.45, 7) is 8.02. The van der Waals surface area contributed by atoms with Crippen LogP contribution < -0.4 is 5.32 Å². The summed E-state index contributed by atoms with van der Waals surface area (Å²) in [5, 5.41) is 3.01. The highest BCUT2D eigenvalue weighted by Gasteiger charge is 2.20. The van der Waals surface area contributed by atoms with Crippen LogP contribution in [0, 0.1) is 0 Å². The number of para-hydroxylation sites is 1. The number of piperidine rings is 1. The number of benzene rings is 2. The lowest BCUT2D eigenvalue weighted by molar-refractivity contribution is 0.0724. The molecule has 1 aliphatic heterocycles. The van der Waals surface area contributed by atoms with Gasteiger partial charge in [-0.2, -0.15) is 0 Å². The Morgan fingerprint density at radius 3 is 2.07 bits per heavy atom. The third-order valence-corrected chi connectivity index (χ3v) is 5.02. The fourth-order valence-corrected chi connectivity index (χ4v) is 3.48. The van der Waals surface area contributed by atoms with Crippen LogP contribution in [0.1, 0.15) is 66.3 Å². The molecular formula is C23H28N2O2. The Morgan fingerprint density at radius 1 is 0.852 bits per heavy atom. The van der Waals surface area contributed by atoms with Crippen molar-refractivity contribution in [2.75, 3.05) is 18.4 Å². The Kier molecular flexibility index (Phi) is 5.64. The van der Waals surface area contributed by atoms with E-state index in [2.05, 4.69) is 26.1 Å². The highest BCUT2D eigenvalue weighted by molar-refractivity contribution is 6.05. The summed E-state index contributed by atoms with van der Waals surface area (Å²) < 4.78 is 0. The van der Waals surface area contributed by atoms with Crippen LogP contribution in [-0.2, 0) is 5.41 Å². The smallest absolute Gasteiger partial charge is 0.255 e. The van der Waals surface area contributed by atoms with E-state index in [9.17, 15) is 9.59 Å². The molecule has 4 nitrogen and oxygen atoms in total. The number of rotatable bonds is 3. The molecule has 27 heavy (non-hydrogen) atoms. The van der Waals surface area contributed by atoms with Crippen molar-refractivity contribution >= 4 is 17.5 Å². The second-order valence-corrected chi connectivity index (χ2v) is 8.18. The lowest BCUT2D eigenvalue weighted by atomic mass is 9.86. The van der Waals surface area contributed by atoms with Gasteiger partial charge in [0, 0.05) is 29.9 Å². The summed E-state index contributed by atoms with van der Waals surface area (Å²) in [4.78, 5) is 27.1. The molecule has 3 rings (SSSR count). The highest BCUT2D eigenvalue weighted by atomic mass is 16.2. The van der Waals surface area contributed by atoms with Crippen molar-refractivity contribution in [3.63, 3.8) is 0 Å². The van der Waals surface area contributed by atoms with Crippen LogP contribution in [0.15, 0.2) is 48.5 Å². The van der Waals surface area contributed by atoms with Crippen molar-refractivity contribution in [3.8, 4) is 0 Å². The van der Waals surface area contributed by atoms with Crippen LogP contribution >= 0.6 is 0 Å².